The fourth-order valence-corrected chi connectivity index (χ4v) is 1.51. The Kier molecular flexibility index (Phi) is 7.48. The van der Waals surface area contributed by atoms with Gasteiger partial charge < -0.3 is 11.1 Å². The molecule has 0 aromatic carbocycles. The Morgan fingerprint density at radius 2 is 1.86 bits per heavy atom. The van der Waals surface area contributed by atoms with Crippen LogP contribution < -0.4 is 11.1 Å². The Labute approximate surface area is 87.4 Å². The number of carbonyl (C=O) groups excluding carboxylic acids is 1. The molecule has 0 aromatic heterocycles. The van der Waals surface area contributed by atoms with E-state index in [1.165, 1.54) is 0 Å². The van der Waals surface area contributed by atoms with Crippen LogP contribution in [0, 0.1) is 5.92 Å². The maximum absolute atomic E-state index is 11.5. The normalized spacial score (nSPS) is 12.9. The molecule has 14 heavy (non-hydrogen) atoms. The van der Waals surface area contributed by atoms with Gasteiger partial charge in [-0.1, -0.05) is 27.2 Å². The van der Waals surface area contributed by atoms with Gasteiger partial charge in [0.2, 0.25) is 5.91 Å². The van der Waals surface area contributed by atoms with Gasteiger partial charge in [-0.25, -0.2) is 0 Å². The molecule has 0 fully saturated rings. The largest absolute Gasteiger partial charge is 0.354 e. The summed E-state index contributed by atoms with van der Waals surface area (Å²) in [6, 6.07) is 0.110. The van der Waals surface area contributed by atoms with E-state index >= 15 is 0 Å². The van der Waals surface area contributed by atoms with Crippen LogP contribution in [0.15, 0.2) is 0 Å². The third-order valence-corrected chi connectivity index (χ3v) is 2.55. The summed E-state index contributed by atoms with van der Waals surface area (Å²) in [5.41, 5.74) is 5.80. The second kappa shape index (κ2) is 7.80. The first-order valence-electron chi connectivity index (χ1n) is 5.68. The van der Waals surface area contributed by atoms with Gasteiger partial charge in [-0.2, -0.15) is 0 Å². The first kappa shape index (κ1) is 13.4. The topological polar surface area (TPSA) is 55.1 Å². The molecule has 0 aliphatic carbocycles. The standard InChI is InChI=1S/C11H24N2O/c1-4-7-10(12)8-13-11(14)9(5-2)6-3/h9-10H,4-8,12H2,1-3H3,(H,13,14). The van der Waals surface area contributed by atoms with E-state index in [0.29, 0.717) is 6.54 Å². The van der Waals surface area contributed by atoms with Crippen LogP contribution in [-0.2, 0) is 4.79 Å². The summed E-state index contributed by atoms with van der Waals surface area (Å²) < 4.78 is 0. The smallest absolute Gasteiger partial charge is 0.223 e. The molecule has 0 aliphatic heterocycles. The van der Waals surface area contributed by atoms with Gasteiger partial charge in [-0.3, -0.25) is 4.79 Å². The van der Waals surface area contributed by atoms with Crippen molar-refractivity contribution in [2.45, 2.75) is 52.5 Å². The second-order valence-corrected chi connectivity index (χ2v) is 3.81. The van der Waals surface area contributed by atoms with E-state index in [1.54, 1.807) is 0 Å². The molecule has 0 heterocycles. The number of hydrogen-bond acceptors (Lipinski definition) is 2. The van der Waals surface area contributed by atoms with Crippen molar-refractivity contribution in [2.75, 3.05) is 6.54 Å². The number of nitrogens with one attached hydrogen (secondary N) is 1. The van der Waals surface area contributed by atoms with Crippen molar-refractivity contribution in [3.05, 3.63) is 0 Å². The average Bonchev–Trinajstić information content (AvgIpc) is 2.17. The minimum Gasteiger partial charge on any atom is -0.354 e. The minimum absolute atomic E-state index is 0.110. The maximum atomic E-state index is 11.5. The Morgan fingerprint density at radius 3 is 2.29 bits per heavy atom. The molecule has 1 amide bonds. The van der Waals surface area contributed by atoms with Crippen molar-refractivity contribution in [3.8, 4) is 0 Å². The lowest BCUT2D eigenvalue weighted by molar-refractivity contribution is -0.125. The van der Waals surface area contributed by atoms with Gasteiger partial charge in [0.25, 0.3) is 0 Å². The first-order chi connectivity index (χ1) is 6.65. The molecule has 84 valence electrons. The van der Waals surface area contributed by atoms with Crippen LogP contribution in [0.1, 0.15) is 46.5 Å². The molecule has 0 aromatic rings. The van der Waals surface area contributed by atoms with Crippen LogP contribution in [0.5, 0.6) is 0 Å². The summed E-state index contributed by atoms with van der Waals surface area (Å²) in [4.78, 5) is 11.5. The highest BCUT2D eigenvalue weighted by Crippen LogP contribution is 2.06. The average molecular weight is 200 g/mol. The van der Waals surface area contributed by atoms with Crippen molar-refractivity contribution in [3.63, 3.8) is 0 Å². The molecule has 1 atom stereocenters. The SMILES string of the molecule is CCCC(N)CNC(=O)C(CC)CC. The van der Waals surface area contributed by atoms with Gasteiger partial charge in [0.15, 0.2) is 0 Å². The van der Waals surface area contributed by atoms with Crippen LogP contribution in [0.2, 0.25) is 0 Å². The minimum atomic E-state index is 0.110. The molecule has 3 N–H and O–H groups in total. The lowest BCUT2D eigenvalue weighted by Crippen LogP contribution is -2.39. The third kappa shape index (κ3) is 5.22. The van der Waals surface area contributed by atoms with Crippen LogP contribution >= 0.6 is 0 Å². The van der Waals surface area contributed by atoms with Crippen molar-refractivity contribution in [1.29, 1.82) is 0 Å². The summed E-state index contributed by atoms with van der Waals surface area (Å²) in [5.74, 6) is 0.311. The number of rotatable bonds is 7. The van der Waals surface area contributed by atoms with Crippen LogP contribution in [0.4, 0.5) is 0 Å². The van der Waals surface area contributed by atoms with Gasteiger partial charge in [0, 0.05) is 18.5 Å². The molecule has 0 aliphatic rings. The number of amides is 1. The lowest BCUT2D eigenvalue weighted by atomic mass is 10.0. The predicted molar refractivity (Wildman–Crippen MR) is 60.0 cm³/mol. The molecule has 0 saturated heterocycles. The summed E-state index contributed by atoms with van der Waals surface area (Å²) in [6.45, 7) is 6.80. The van der Waals surface area contributed by atoms with Crippen LogP contribution in [0.3, 0.4) is 0 Å². The Bertz CT molecular complexity index is 155. The maximum Gasteiger partial charge on any atom is 0.223 e. The highest BCUT2D eigenvalue weighted by Gasteiger charge is 2.14. The quantitative estimate of drug-likeness (QED) is 0.657. The first-order valence-corrected chi connectivity index (χ1v) is 5.68. The molecule has 0 rings (SSSR count). The summed E-state index contributed by atoms with van der Waals surface area (Å²) in [7, 11) is 0. The van der Waals surface area contributed by atoms with E-state index in [1.807, 2.05) is 13.8 Å². The zero-order chi connectivity index (χ0) is 11.0. The Balaban J connectivity index is 3.71. The monoisotopic (exact) mass is 200 g/mol. The fourth-order valence-electron chi connectivity index (χ4n) is 1.51. The van der Waals surface area contributed by atoms with E-state index in [2.05, 4.69) is 12.2 Å². The lowest BCUT2D eigenvalue weighted by Gasteiger charge is -2.15. The van der Waals surface area contributed by atoms with Crippen molar-refractivity contribution in [2.24, 2.45) is 11.7 Å². The molecule has 0 bridgehead atoms. The summed E-state index contributed by atoms with van der Waals surface area (Å²) >= 11 is 0. The Morgan fingerprint density at radius 1 is 1.29 bits per heavy atom. The highest BCUT2D eigenvalue weighted by molar-refractivity contribution is 5.78. The molecule has 0 spiro atoms. The number of carbonyl (C=O) groups is 1. The summed E-state index contributed by atoms with van der Waals surface area (Å²) in [6.07, 6.45) is 3.86. The van der Waals surface area contributed by atoms with Crippen molar-refractivity contribution in [1.82, 2.24) is 5.32 Å². The molecule has 3 heteroatoms. The van der Waals surface area contributed by atoms with Crippen molar-refractivity contribution < 1.29 is 4.79 Å². The number of nitrogens with two attached hydrogens (primary N) is 1. The van der Waals surface area contributed by atoms with Gasteiger partial charge in [0.05, 0.1) is 0 Å². The van der Waals surface area contributed by atoms with E-state index in [0.717, 1.165) is 25.7 Å². The molecule has 0 saturated carbocycles. The second-order valence-electron chi connectivity index (χ2n) is 3.81. The molecule has 3 nitrogen and oxygen atoms in total. The third-order valence-electron chi connectivity index (χ3n) is 2.55. The molecular weight excluding hydrogens is 176 g/mol. The van der Waals surface area contributed by atoms with Crippen molar-refractivity contribution >= 4 is 5.91 Å². The predicted octanol–water partition coefficient (Wildman–Crippen LogP) is 1.67. The molecule has 1 unspecified atom stereocenters. The Hall–Kier alpha value is -0.570. The molecular formula is C11H24N2O. The van der Waals surface area contributed by atoms with E-state index < -0.39 is 0 Å². The van der Waals surface area contributed by atoms with Crippen LogP contribution in [0.25, 0.3) is 0 Å². The van der Waals surface area contributed by atoms with Gasteiger partial charge in [-0.15, -0.1) is 0 Å². The summed E-state index contributed by atoms with van der Waals surface area (Å²) in [5, 5.41) is 2.91. The van der Waals surface area contributed by atoms with Gasteiger partial charge in [-0.05, 0) is 19.3 Å². The fraction of sp³-hybridized carbons (Fsp3) is 0.909. The zero-order valence-electron chi connectivity index (χ0n) is 9.68. The van der Waals surface area contributed by atoms with E-state index in [9.17, 15) is 4.79 Å². The zero-order valence-corrected chi connectivity index (χ0v) is 9.68. The van der Waals surface area contributed by atoms with Gasteiger partial charge in [0.1, 0.15) is 0 Å². The van der Waals surface area contributed by atoms with Gasteiger partial charge >= 0.3 is 0 Å². The number of hydrogen-bond donors (Lipinski definition) is 2. The van der Waals surface area contributed by atoms with Crippen LogP contribution in [-0.4, -0.2) is 18.5 Å². The van der Waals surface area contributed by atoms with E-state index in [4.69, 9.17) is 5.73 Å². The van der Waals surface area contributed by atoms with E-state index in [-0.39, 0.29) is 17.9 Å². The highest BCUT2D eigenvalue weighted by atomic mass is 16.1. The molecule has 0 radical (unpaired) electrons.